The Bertz CT molecular complexity index is 220. The number of hydrogen-bond donors (Lipinski definition) is 0. The van der Waals surface area contributed by atoms with Crippen LogP contribution < -0.4 is 4.74 Å². The molecular weight excluding hydrogens is 158 g/mol. The predicted octanol–water partition coefficient (Wildman–Crippen LogP) is 2.49. The first kappa shape index (κ1) is 8.53. The minimum atomic E-state index is 0.581. The molecule has 0 atom stereocenters. The fraction of sp³-hybridized carbons (Fsp3) is 0.625. The van der Waals surface area contributed by atoms with E-state index >= 15 is 0 Å². The number of rotatable bonds is 3. The summed E-state index contributed by atoms with van der Waals surface area (Å²) in [6.45, 7) is 7.02. The quantitative estimate of drug-likeness (QED) is 0.697. The zero-order chi connectivity index (χ0) is 8.27. The molecule has 0 N–H and O–H groups in total. The van der Waals surface area contributed by atoms with Gasteiger partial charge in [-0.2, -0.15) is 4.37 Å². The monoisotopic (exact) mass is 171 g/mol. The van der Waals surface area contributed by atoms with Gasteiger partial charge in [0.2, 0.25) is 0 Å². The second kappa shape index (κ2) is 3.72. The van der Waals surface area contributed by atoms with Crippen LogP contribution in [0.5, 0.6) is 5.06 Å². The maximum atomic E-state index is 5.44. The molecule has 0 saturated heterocycles. The van der Waals surface area contributed by atoms with Crippen LogP contribution in [0.25, 0.3) is 0 Å². The van der Waals surface area contributed by atoms with Crippen molar-refractivity contribution >= 4 is 11.5 Å². The molecule has 0 radical (unpaired) electrons. The van der Waals surface area contributed by atoms with Gasteiger partial charge in [-0.1, -0.05) is 13.8 Å². The summed E-state index contributed by atoms with van der Waals surface area (Å²) < 4.78 is 9.56. The summed E-state index contributed by atoms with van der Waals surface area (Å²) in [6, 6.07) is 1.97. The summed E-state index contributed by atoms with van der Waals surface area (Å²) in [5, 5.41) is 0.927. The van der Waals surface area contributed by atoms with Gasteiger partial charge in [-0.05, 0) is 12.8 Å². The fourth-order valence-electron chi connectivity index (χ4n) is 0.657. The summed E-state index contributed by atoms with van der Waals surface area (Å²) in [5.74, 6) is 0.581. The van der Waals surface area contributed by atoms with Crippen LogP contribution in [0.4, 0.5) is 0 Å². The lowest BCUT2D eigenvalue weighted by atomic mass is 10.2. The largest absolute Gasteiger partial charge is 0.483 e. The first-order valence-corrected chi connectivity index (χ1v) is 4.52. The van der Waals surface area contributed by atoms with Gasteiger partial charge in [-0.15, -0.1) is 0 Å². The summed E-state index contributed by atoms with van der Waals surface area (Å²) in [4.78, 5) is 0. The Labute approximate surface area is 71.4 Å². The molecule has 0 amide bonds. The van der Waals surface area contributed by atoms with E-state index in [1.54, 1.807) is 0 Å². The maximum absolute atomic E-state index is 5.44. The highest BCUT2D eigenvalue weighted by atomic mass is 32.1. The van der Waals surface area contributed by atoms with Gasteiger partial charge in [-0.25, -0.2) is 0 Å². The van der Waals surface area contributed by atoms with Crippen LogP contribution in [0.1, 0.15) is 19.5 Å². The Morgan fingerprint density at radius 1 is 1.64 bits per heavy atom. The smallest absolute Gasteiger partial charge is 0.193 e. The first-order valence-electron chi connectivity index (χ1n) is 3.74. The van der Waals surface area contributed by atoms with Gasteiger partial charge in [-0.3, -0.25) is 0 Å². The van der Waals surface area contributed by atoms with Crippen molar-refractivity contribution in [1.29, 1.82) is 0 Å². The molecule has 3 heteroatoms. The minimum absolute atomic E-state index is 0.581. The van der Waals surface area contributed by atoms with E-state index in [1.165, 1.54) is 11.5 Å². The molecular formula is C8H13NOS. The molecule has 1 aromatic rings. The average Bonchev–Trinajstić information content (AvgIpc) is 2.31. The molecule has 0 spiro atoms. The van der Waals surface area contributed by atoms with Gasteiger partial charge in [0.1, 0.15) is 0 Å². The topological polar surface area (TPSA) is 22.1 Å². The van der Waals surface area contributed by atoms with Gasteiger partial charge in [0.25, 0.3) is 0 Å². The lowest BCUT2D eigenvalue weighted by Crippen LogP contribution is -2.02. The third-order valence-electron chi connectivity index (χ3n) is 1.17. The van der Waals surface area contributed by atoms with E-state index in [2.05, 4.69) is 18.2 Å². The number of aromatic nitrogens is 1. The highest BCUT2D eigenvalue weighted by Crippen LogP contribution is 2.18. The molecule has 0 aliphatic carbocycles. The van der Waals surface area contributed by atoms with E-state index in [1.807, 2.05) is 13.0 Å². The number of hydrogen-bond acceptors (Lipinski definition) is 3. The molecule has 1 heterocycles. The average molecular weight is 171 g/mol. The molecule has 0 aromatic carbocycles. The van der Waals surface area contributed by atoms with Gasteiger partial charge in [0.05, 0.1) is 12.3 Å². The Balaban J connectivity index is 2.39. The number of aryl methyl sites for hydroxylation is 1. The van der Waals surface area contributed by atoms with Crippen molar-refractivity contribution in [2.75, 3.05) is 6.61 Å². The van der Waals surface area contributed by atoms with Gasteiger partial charge in [0, 0.05) is 17.6 Å². The van der Waals surface area contributed by atoms with Crippen molar-refractivity contribution in [1.82, 2.24) is 4.37 Å². The summed E-state index contributed by atoms with van der Waals surface area (Å²) in [5.41, 5.74) is 1.04. The van der Waals surface area contributed by atoms with Crippen LogP contribution >= 0.6 is 11.5 Å². The number of ether oxygens (including phenoxy) is 1. The standard InChI is InChI=1S/C8H13NOS/c1-6(2)5-10-8-4-7(3)9-11-8/h4,6H,5H2,1-3H3. The van der Waals surface area contributed by atoms with E-state index < -0.39 is 0 Å². The molecule has 2 nitrogen and oxygen atoms in total. The van der Waals surface area contributed by atoms with Crippen molar-refractivity contribution in [2.24, 2.45) is 5.92 Å². The van der Waals surface area contributed by atoms with Crippen LogP contribution in [0.3, 0.4) is 0 Å². The number of nitrogens with zero attached hydrogens (tertiary/aromatic N) is 1. The summed E-state index contributed by atoms with van der Waals surface area (Å²) >= 11 is 1.42. The Morgan fingerprint density at radius 2 is 2.36 bits per heavy atom. The lowest BCUT2D eigenvalue weighted by Gasteiger charge is -2.04. The van der Waals surface area contributed by atoms with Gasteiger partial charge < -0.3 is 4.74 Å². The van der Waals surface area contributed by atoms with Crippen LogP contribution in [0.2, 0.25) is 0 Å². The first-order chi connectivity index (χ1) is 5.18. The van der Waals surface area contributed by atoms with Crippen LogP contribution in [-0.4, -0.2) is 11.0 Å². The molecule has 0 fully saturated rings. The van der Waals surface area contributed by atoms with Crippen molar-refractivity contribution in [3.63, 3.8) is 0 Å². The highest BCUT2D eigenvalue weighted by molar-refractivity contribution is 7.07. The summed E-state index contributed by atoms with van der Waals surface area (Å²) in [7, 11) is 0. The third kappa shape index (κ3) is 2.89. The third-order valence-corrected chi connectivity index (χ3v) is 1.96. The van der Waals surface area contributed by atoms with E-state index in [-0.39, 0.29) is 0 Å². The van der Waals surface area contributed by atoms with Crippen molar-refractivity contribution < 1.29 is 4.74 Å². The SMILES string of the molecule is Cc1cc(OCC(C)C)sn1. The van der Waals surface area contributed by atoms with E-state index in [0.717, 1.165) is 17.4 Å². The second-order valence-electron chi connectivity index (χ2n) is 2.99. The highest BCUT2D eigenvalue weighted by Gasteiger charge is 1.99. The van der Waals surface area contributed by atoms with Gasteiger partial charge in [0.15, 0.2) is 5.06 Å². The molecule has 1 aromatic heterocycles. The predicted molar refractivity (Wildman–Crippen MR) is 47.2 cm³/mol. The molecule has 0 bridgehead atoms. The second-order valence-corrected chi connectivity index (χ2v) is 3.76. The van der Waals surface area contributed by atoms with Crippen LogP contribution in [-0.2, 0) is 0 Å². The van der Waals surface area contributed by atoms with Crippen LogP contribution in [0, 0.1) is 12.8 Å². The molecule has 0 saturated carbocycles. The van der Waals surface area contributed by atoms with Crippen molar-refractivity contribution in [2.45, 2.75) is 20.8 Å². The summed E-state index contributed by atoms with van der Waals surface area (Å²) in [6.07, 6.45) is 0. The minimum Gasteiger partial charge on any atom is -0.483 e. The van der Waals surface area contributed by atoms with E-state index in [4.69, 9.17) is 4.74 Å². The fourth-order valence-corrected chi connectivity index (χ4v) is 1.29. The zero-order valence-electron chi connectivity index (χ0n) is 7.13. The lowest BCUT2D eigenvalue weighted by molar-refractivity contribution is 0.278. The van der Waals surface area contributed by atoms with Crippen LogP contribution in [0.15, 0.2) is 6.07 Å². The van der Waals surface area contributed by atoms with Crippen molar-refractivity contribution in [3.8, 4) is 5.06 Å². The normalized spacial score (nSPS) is 10.5. The Morgan fingerprint density at radius 3 is 2.82 bits per heavy atom. The van der Waals surface area contributed by atoms with E-state index in [0.29, 0.717) is 5.92 Å². The molecule has 0 aliphatic rings. The molecule has 62 valence electrons. The van der Waals surface area contributed by atoms with E-state index in [9.17, 15) is 0 Å². The molecule has 0 aliphatic heterocycles. The zero-order valence-corrected chi connectivity index (χ0v) is 7.94. The van der Waals surface area contributed by atoms with Gasteiger partial charge >= 0.3 is 0 Å². The molecule has 1 rings (SSSR count). The Kier molecular flexibility index (Phi) is 2.88. The maximum Gasteiger partial charge on any atom is 0.193 e. The molecule has 0 unspecified atom stereocenters. The molecule has 11 heavy (non-hydrogen) atoms. The van der Waals surface area contributed by atoms with Crippen molar-refractivity contribution in [3.05, 3.63) is 11.8 Å². The Hall–Kier alpha value is -0.570.